The number of hydrogen-bond acceptors (Lipinski definition) is 8. The highest BCUT2D eigenvalue weighted by Crippen LogP contribution is 2.25. The lowest BCUT2D eigenvalue weighted by molar-refractivity contribution is 0.481. The van der Waals surface area contributed by atoms with Gasteiger partial charge in [0.2, 0.25) is 10.0 Å². The zero-order chi connectivity index (χ0) is 22.3. The van der Waals surface area contributed by atoms with Crippen LogP contribution >= 0.6 is 0 Å². The van der Waals surface area contributed by atoms with E-state index in [9.17, 15) is 33.7 Å². The molecule has 0 aromatic heterocycles. The first-order chi connectivity index (χ1) is 13.0. The number of hydrogen-bond donors (Lipinski definition) is 4. The van der Waals surface area contributed by atoms with Gasteiger partial charge in [0.25, 0.3) is 30.3 Å². The predicted octanol–water partition coefficient (Wildman–Crippen LogP) is 0.352. The quantitative estimate of drug-likeness (QED) is 0.396. The first-order valence-electron chi connectivity index (χ1n) is 7.18. The lowest BCUT2D eigenvalue weighted by Gasteiger charge is -2.12. The van der Waals surface area contributed by atoms with E-state index in [4.69, 9.17) is 9.11 Å². The highest BCUT2D eigenvalue weighted by atomic mass is 32.2. The lowest BCUT2D eigenvalue weighted by Crippen LogP contribution is -2.15. The highest BCUT2D eigenvalue weighted by molar-refractivity contribution is 7.93. The molecule has 29 heavy (non-hydrogen) atoms. The molecule has 2 aromatic rings. The van der Waals surface area contributed by atoms with E-state index >= 15 is 0 Å². The molecular weight excluding hydrogens is 472 g/mol. The van der Waals surface area contributed by atoms with Crippen LogP contribution in [0.2, 0.25) is 0 Å². The third kappa shape index (κ3) is 6.38. The topological polar surface area (TPSA) is 201 Å². The van der Waals surface area contributed by atoms with Crippen LogP contribution < -0.4 is 9.44 Å². The van der Waals surface area contributed by atoms with E-state index in [1.165, 1.54) is 12.1 Å². The molecule has 2 rings (SSSR count). The minimum Gasteiger partial charge on any atom is -0.284 e. The lowest BCUT2D eigenvalue weighted by atomic mass is 10.3. The van der Waals surface area contributed by atoms with E-state index in [2.05, 4.69) is 4.72 Å². The molecule has 0 spiro atoms. The molecule has 0 atom stereocenters. The smallest absolute Gasteiger partial charge is 0.284 e. The van der Waals surface area contributed by atoms with Crippen LogP contribution in [-0.4, -0.2) is 49.0 Å². The molecule has 0 radical (unpaired) electrons. The molecule has 0 heterocycles. The van der Waals surface area contributed by atoms with Gasteiger partial charge < -0.3 is 0 Å². The Hall–Kier alpha value is -2.24. The number of nitrogens with one attached hydrogen (secondary N) is 2. The maximum atomic E-state index is 12.5. The van der Waals surface area contributed by atoms with Crippen molar-refractivity contribution in [1.82, 2.24) is 0 Å². The Morgan fingerprint density at radius 3 is 1.59 bits per heavy atom. The summed E-state index contributed by atoms with van der Waals surface area (Å²) in [6.07, 6.45) is 0.851. The van der Waals surface area contributed by atoms with Crippen LogP contribution in [0.15, 0.2) is 57.2 Å². The van der Waals surface area contributed by atoms with Crippen LogP contribution in [0.1, 0.15) is 0 Å². The Morgan fingerprint density at radius 1 is 0.655 bits per heavy atom. The first kappa shape index (κ1) is 23.0. The van der Waals surface area contributed by atoms with Crippen LogP contribution in [0.5, 0.6) is 0 Å². The van der Waals surface area contributed by atoms with Crippen molar-refractivity contribution in [3.05, 3.63) is 42.5 Å². The van der Waals surface area contributed by atoms with Crippen molar-refractivity contribution < 1.29 is 42.8 Å². The third-order valence-corrected chi connectivity index (χ3v) is 6.82. The summed E-state index contributed by atoms with van der Waals surface area (Å²) < 4.78 is 115. The van der Waals surface area contributed by atoms with Gasteiger partial charge in [-0.1, -0.05) is 6.07 Å². The summed E-state index contributed by atoms with van der Waals surface area (Å²) in [7, 11) is -18.0. The maximum absolute atomic E-state index is 12.5. The van der Waals surface area contributed by atoms with Crippen molar-refractivity contribution in [2.75, 3.05) is 15.7 Å². The Morgan fingerprint density at radius 2 is 1.14 bits per heavy atom. The summed E-state index contributed by atoms with van der Waals surface area (Å²) >= 11 is 0. The van der Waals surface area contributed by atoms with Gasteiger partial charge in [0.05, 0.1) is 26.6 Å². The summed E-state index contributed by atoms with van der Waals surface area (Å²) in [5.74, 6) is 0. The minimum atomic E-state index is -4.94. The Labute approximate surface area is 167 Å². The van der Waals surface area contributed by atoms with Crippen molar-refractivity contribution in [3.8, 4) is 0 Å². The number of anilines is 2. The van der Waals surface area contributed by atoms with Crippen LogP contribution in [0.3, 0.4) is 0 Å². The van der Waals surface area contributed by atoms with Crippen molar-refractivity contribution in [3.63, 3.8) is 0 Å². The molecule has 0 unspecified atom stereocenters. The summed E-state index contributed by atoms with van der Waals surface area (Å²) in [6.45, 7) is 0. The molecule has 0 saturated carbocycles. The van der Waals surface area contributed by atoms with Gasteiger partial charge in [-0.25, -0.2) is 16.8 Å². The number of rotatable bonds is 7. The fourth-order valence-electron chi connectivity index (χ4n) is 2.08. The standard InChI is InChI=1S/C13H14N2O10S4/c1-26(16,17)14-9-3-2-4-11(5-9)27(18,19)15-10-6-12(28(20,21)22)8-13(7-10)29(23,24)25/h2-8,14-15H,1H3,(H,20,21,22)(H,23,24,25). The molecule has 0 fully saturated rings. The number of benzene rings is 2. The van der Waals surface area contributed by atoms with E-state index in [-0.39, 0.29) is 5.69 Å². The summed E-state index contributed by atoms with van der Waals surface area (Å²) in [6, 6.07) is 6.22. The SMILES string of the molecule is CS(=O)(=O)Nc1cccc(S(=O)(=O)Nc2cc(S(=O)(=O)O)cc(S(=O)(=O)O)c2)c1. The molecule has 0 amide bonds. The van der Waals surface area contributed by atoms with Crippen molar-refractivity contribution in [2.24, 2.45) is 0 Å². The van der Waals surface area contributed by atoms with Gasteiger partial charge in [-0.15, -0.1) is 0 Å². The molecule has 0 aliphatic rings. The summed E-state index contributed by atoms with van der Waals surface area (Å²) in [5.41, 5.74) is -0.685. The van der Waals surface area contributed by atoms with Gasteiger partial charge >= 0.3 is 0 Å². The minimum absolute atomic E-state index is 0.0827. The molecule has 160 valence electrons. The van der Waals surface area contributed by atoms with Crippen LogP contribution in [0.4, 0.5) is 11.4 Å². The van der Waals surface area contributed by atoms with E-state index in [0.29, 0.717) is 18.2 Å². The van der Waals surface area contributed by atoms with Gasteiger partial charge in [-0.2, -0.15) is 16.8 Å². The zero-order valence-corrected chi connectivity index (χ0v) is 17.6. The molecule has 16 heteroatoms. The molecule has 2 aromatic carbocycles. The van der Waals surface area contributed by atoms with Crippen molar-refractivity contribution >= 4 is 51.7 Å². The van der Waals surface area contributed by atoms with Crippen LogP contribution in [0.25, 0.3) is 0 Å². The fourth-order valence-corrected chi connectivity index (χ4v) is 4.90. The predicted molar refractivity (Wildman–Crippen MR) is 102 cm³/mol. The third-order valence-electron chi connectivity index (χ3n) is 3.18. The van der Waals surface area contributed by atoms with Crippen molar-refractivity contribution in [1.29, 1.82) is 0 Å². The van der Waals surface area contributed by atoms with Gasteiger partial charge in [-0.3, -0.25) is 18.5 Å². The van der Waals surface area contributed by atoms with Gasteiger partial charge in [0, 0.05) is 5.69 Å². The summed E-state index contributed by atoms with van der Waals surface area (Å²) in [4.78, 5) is -2.42. The second-order valence-corrected chi connectivity index (χ2v) is 11.9. The zero-order valence-electron chi connectivity index (χ0n) is 14.3. The maximum Gasteiger partial charge on any atom is 0.294 e. The number of sulfonamides is 2. The van der Waals surface area contributed by atoms with E-state index < -0.39 is 60.7 Å². The molecule has 0 aliphatic carbocycles. The molecular formula is C13H14N2O10S4. The van der Waals surface area contributed by atoms with Gasteiger partial charge in [0.1, 0.15) is 0 Å². The Balaban J connectivity index is 2.54. The molecule has 0 bridgehead atoms. The largest absolute Gasteiger partial charge is 0.294 e. The van der Waals surface area contributed by atoms with E-state index in [1.807, 2.05) is 4.72 Å². The van der Waals surface area contributed by atoms with Crippen LogP contribution in [-0.2, 0) is 40.3 Å². The normalized spacial score (nSPS) is 13.1. The molecule has 4 N–H and O–H groups in total. The average molecular weight is 487 g/mol. The summed E-state index contributed by atoms with van der Waals surface area (Å²) in [5, 5.41) is 0. The van der Waals surface area contributed by atoms with Gasteiger partial charge in [-0.05, 0) is 36.4 Å². The second kappa shape index (κ2) is 7.54. The Bertz CT molecular complexity index is 1330. The van der Waals surface area contributed by atoms with Crippen molar-refractivity contribution in [2.45, 2.75) is 14.7 Å². The van der Waals surface area contributed by atoms with Crippen LogP contribution in [0, 0.1) is 0 Å². The molecule has 12 nitrogen and oxygen atoms in total. The fraction of sp³-hybridized carbons (Fsp3) is 0.0769. The van der Waals surface area contributed by atoms with E-state index in [1.54, 1.807) is 0 Å². The monoisotopic (exact) mass is 486 g/mol. The Kier molecular flexibility index (Phi) is 5.99. The van der Waals surface area contributed by atoms with Gasteiger partial charge in [0.15, 0.2) is 0 Å². The second-order valence-electron chi connectivity index (χ2n) is 5.65. The average Bonchev–Trinajstić information content (AvgIpc) is 2.51. The molecule has 0 aliphatic heterocycles. The highest BCUT2D eigenvalue weighted by Gasteiger charge is 2.21. The first-order valence-corrected chi connectivity index (χ1v) is 13.4. The van der Waals surface area contributed by atoms with E-state index in [0.717, 1.165) is 18.4 Å². The molecule has 0 saturated heterocycles.